The van der Waals surface area contributed by atoms with Crippen LogP contribution in [0.25, 0.3) is 10.9 Å². The highest BCUT2D eigenvalue weighted by Gasteiger charge is 2.43. The number of Topliss-reactive ketones (excluding diaryl/α,β-unsaturated/α-hetero) is 4. The minimum absolute atomic E-state index is 0.129. The van der Waals surface area contributed by atoms with E-state index in [1.165, 1.54) is 30.9 Å². The molecule has 95 heavy (non-hydrogen) atoms. The predicted octanol–water partition coefficient (Wildman–Crippen LogP) is -0.891. The molecule has 0 spiro atoms. The predicted molar refractivity (Wildman–Crippen MR) is 343 cm³/mol. The van der Waals surface area contributed by atoms with Crippen LogP contribution in [0.5, 0.6) is 5.75 Å². The molecule has 0 radical (unpaired) electrons. The van der Waals surface area contributed by atoms with Crippen molar-refractivity contribution < 1.29 is 87.5 Å². The van der Waals surface area contributed by atoms with Gasteiger partial charge in [0.1, 0.15) is 11.8 Å². The van der Waals surface area contributed by atoms with Crippen molar-refractivity contribution in [3.63, 3.8) is 0 Å². The quantitative estimate of drug-likeness (QED) is 0.0648. The van der Waals surface area contributed by atoms with Gasteiger partial charge in [-0.1, -0.05) is 60.1 Å². The molecular formula is C65H85N11O18S. The second-order valence-corrected chi connectivity index (χ2v) is 26.3. The molecular weight excluding hydrogens is 1250 g/mol. The largest absolute Gasteiger partial charge is 0.508 e. The normalized spacial score (nSPS) is 24.0. The first-order valence-corrected chi connectivity index (χ1v) is 32.7. The Balaban J connectivity index is 1.15. The first-order valence-electron chi connectivity index (χ1n) is 31.8. The average Bonchev–Trinajstić information content (AvgIpc) is 1.74. The van der Waals surface area contributed by atoms with E-state index in [0.717, 1.165) is 28.8 Å². The molecule has 13 N–H and O–H groups in total. The smallest absolute Gasteiger partial charge is 0.253 e. The minimum Gasteiger partial charge on any atom is -0.508 e. The van der Waals surface area contributed by atoms with E-state index < -0.39 is 200 Å². The van der Waals surface area contributed by atoms with Crippen LogP contribution in [-0.4, -0.2) is 205 Å². The number of rotatable bonds is 19. The average molecular weight is 1340 g/mol. The van der Waals surface area contributed by atoms with Gasteiger partial charge in [-0.3, -0.25) is 76.9 Å². The van der Waals surface area contributed by atoms with Crippen molar-refractivity contribution in [1.82, 2.24) is 52.0 Å². The maximum absolute atomic E-state index is 15.0. The topological polar surface area (TPSA) is 438 Å². The first-order chi connectivity index (χ1) is 45.0. The van der Waals surface area contributed by atoms with E-state index in [4.69, 9.17) is 0 Å². The Kier molecular flexibility index (Phi) is 26.1. The molecule has 5 heterocycles. The molecule has 2 aromatic carbocycles. The molecule has 1 saturated heterocycles. The summed E-state index contributed by atoms with van der Waals surface area (Å²) in [5.41, 5.74) is 1.58. The summed E-state index contributed by atoms with van der Waals surface area (Å²) in [4.78, 5) is 198. The fourth-order valence-electron chi connectivity index (χ4n) is 11.8. The van der Waals surface area contributed by atoms with Gasteiger partial charge in [0.05, 0.1) is 73.2 Å². The van der Waals surface area contributed by atoms with Gasteiger partial charge in [0.2, 0.25) is 47.3 Å². The number of hydrogen-bond donors (Lipinski definition) is 13. The molecule has 4 aliphatic heterocycles. The lowest BCUT2D eigenvalue weighted by Crippen LogP contribution is -2.55. The highest BCUT2D eigenvalue weighted by molar-refractivity contribution is 7.99. The molecule has 7 rings (SSSR count). The van der Waals surface area contributed by atoms with Crippen molar-refractivity contribution in [2.45, 2.75) is 147 Å². The Hall–Kier alpha value is -8.71. The summed E-state index contributed by atoms with van der Waals surface area (Å²) in [6.07, 6.45) is -3.19. The Morgan fingerprint density at radius 2 is 1.44 bits per heavy atom. The van der Waals surface area contributed by atoms with Crippen molar-refractivity contribution >= 4 is 111 Å². The third-order valence-corrected chi connectivity index (χ3v) is 18.8. The number of imide groups is 1. The van der Waals surface area contributed by atoms with Crippen LogP contribution in [0, 0.1) is 35.5 Å². The Bertz CT molecular complexity index is 3450. The van der Waals surface area contributed by atoms with Gasteiger partial charge in [0.15, 0.2) is 23.1 Å². The highest BCUT2D eigenvalue weighted by atomic mass is 32.2. The Morgan fingerprint density at radius 3 is 2.11 bits per heavy atom. The molecule has 12 atom stereocenters. The van der Waals surface area contributed by atoms with Crippen LogP contribution in [0.15, 0.2) is 59.6 Å². The van der Waals surface area contributed by atoms with Crippen LogP contribution >= 0.6 is 11.8 Å². The zero-order valence-corrected chi connectivity index (χ0v) is 54.6. The number of aliphatic hydroxyl groups is 3. The lowest BCUT2D eigenvalue weighted by molar-refractivity contribution is -0.138. The second kappa shape index (κ2) is 33.6. The summed E-state index contributed by atoms with van der Waals surface area (Å²) in [6, 6.07) is 4.02. The molecule has 30 heteroatoms. The molecule has 2 bridgehead atoms. The van der Waals surface area contributed by atoms with Gasteiger partial charge in [-0.05, 0) is 60.1 Å². The van der Waals surface area contributed by atoms with Crippen LogP contribution in [0.3, 0.4) is 0 Å². The summed E-state index contributed by atoms with van der Waals surface area (Å²) in [6.45, 7) is 6.41. The number of aliphatic hydroxyl groups excluding tert-OH is 3. The maximum Gasteiger partial charge on any atom is 0.253 e. The summed E-state index contributed by atoms with van der Waals surface area (Å²) in [5, 5.41) is 64.7. The van der Waals surface area contributed by atoms with Crippen molar-refractivity contribution in [3.05, 3.63) is 65.7 Å². The zero-order chi connectivity index (χ0) is 69.5. The monoisotopic (exact) mass is 1340 g/mol. The van der Waals surface area contributed by atoms with Gasteiger partial charge in [0.25, 0.3) is 11.8 Å². The number of anilines is 1. The van der Waals surface area contributed by atoms with E-state index in [1.807, 2.05) is 0 Å². The van der Waals surface area contributed by atoms with Gasteiger partial charge in [-0.2, -0.15) is 0 Å². The number of nitrogens with one attached hydrogen (secondary N) is 9. The zero-order valence-electron chi connectivity index (χ0n) is 53.8. The molecule has 1 aromatic heterocycles. The van der Waals surface area contributed by atoms with E-state index >= 15 is 0 Å². The fraction of sp³-hybridized carbons (Fsp3) is 0.538. The number of benzene rings is 2. The van der Waals surface area contributed by atoms with E-state index in [2.05, 4.69) is 47.5 Å². The highest BCUT2D eigenvalue weighted by Crippen LogP contribution is 2.36. The number of aromatic nitrogens is 1. The number of amides is 10. The molecule has 0 saturated carbocycles. The number of carbonyl (C=O) groups excluding carboxylic acids is 14. The second-order valence-electron chi connectivity index (χ2n) is 25.2. The number of hydrogen-bond acceptors (Lipinski definition) is 20. The molecule has 10 amide bonds. The molecule has 514 valence electrons. The van der Waals surface area contributed by atoms with Crippen molar-refractivity contribution in [2.24, 2.45) is 35.5 Å². The number of aromatic hydroxyl groups is 1. The standard InChI is InChI=1S/C65H85N11O18S/c1-7-33(4)59-64(94)68-26-54(87)70-45-31-95-65-43(42-13-12-40(78)23-44(42)71-65)19-38(62(92)67-27-55(88)73-59)21-49(82)60(35(6)51(84)30-77)74-63(93)46-24-41(79)28-75(46)29-50(83)37(20-47(45)80)22-53(86)66-25-36-8-10-39(11-9-36)69-61(91)34(5)18-48(81)58(32(2)3)72-52(85)16-17-76-56(89)14-15-57(76)90/h8-15,23,32-35,37-38,41,45-46,51,58-60,71,77-79,84H,7,16-22,24-31H2,1-6H3,(H,66,86)(H,67,92)(H,68,94)(H,69,91)(H,70,87)(H,72,85)(H,73,88)(H,74,93)/t33-,34+,35-,37-,38+,41?,45?,46-,51-,58?,59-,60-/m0/s1. The number of aromatic amines is 1. The Morgan fingerprint density at radius 1 is 0.768 bits per heavy atom. The van der Waals surface area contributed by atoms with Crippen LogP contribution < -0.4 is 42.5 Å². The van der Waals surface area contributed by atoms with Crippen molar-refractivity contribution in [3.8, 4) is 5.75 Å². The number of nitrogens with zero attached hydrogens (tertiary/aromatic N) is 2. The molecule has 3 unspecified atom stereocenters. The first kappa shape index (κ1) is 73.7. The SMILES string of the molecule is CC[C@H](C)[C@@H]1NC(=O)CNC(=O)[C@H]2CC(=O)[C@H]([C@@H](C)[C@@H](O)CO)NC(=O)[C@@H]3CC(O)CN3CC(=O)[C@H](CC(=O)NCc3ccc(NC(=O)[C@H](C)CC(=O)C(NC(=O)CCN4C(=O)C=CC4=O)C(C)C)cc3)CC(=O)C(CSc3[nH]c4cc(O)ccc4c3C2)NC(=O)CNC1=O. The molecule has 3 aromatic rings. The number of H-pyrrole nitrogens is 1. The van der Waals surface area contributed by atoms with E-state index in [0.29, 0.717) is 39.2 Å². The lowest BCUT2D eigenvalue weighted by atomic mass is 9.85. The van der Waals surface area contributed by atoms with Crippen molar-refractivity contribution in [1.29, 1.82) is 0 Å². The summed E-state index contributed by atoms with van der Waals surface area (Å²) >= 11 is 0.992. The third-order valence-electron chi connectivity index (χ3n) is 17.7. The molecule has 29 nitrogen and oxygen atoms in total. The van der Waals surface area contributed by atoms with Gasteiger partial charge >= 0.3 is 0 Å². The van der Waals surface area contributed by atoms with Gasteiger partial charge in [0, 0.05) is 110 Å². The lowest BCUT2D eigenvalue weighted by Gasteiger charge is -2.31. The third kappa shape index (κ3) is 19.9. The number of thioether (sulfide) groups is 1. The Labute approximate surface area is 552 Å². The summed E-state index contributed by atoms with van der Waals surface area (Å²) < 4.78 is 0. The molecule has 4 aliphatic rings. The summed E-state index contributed by atoms with van der Waals surface area (Å²) in [5.74, 6) is -15.9. The van der Waals surface area contributed by atoms with E-state index in [-0.39, 0.29) is 62.7 Å². The number of fused-ring (bicyclic) bond motifs is 5. The summed E-state index contributed by atoms with van der Waals surface area (Å²) in [7, 11) is 0. The number of ketones is 4. The fourth-order valence-corrected chi connectivity index (χ4v) is 12.9. The number of phenolic OH excluding ortho intramolecular Hbond substituents is 1. The van der Waals surface area contributed by atoms with Crippen LogP contribution in [0.2, 0.25) is 0 Å². The van der Waals surface area contributed by atoms with Gasteiger partial charge in [-0.25, -0.2) is 0 Å². The number of carbonyl (C=O) groups is 14. The van der Waals surface area contributed by atoms with Crippen LogP contribution in [-0.2, 0) is 80.1 Å². The van der Waals surface area contributed by atoms with Gasteiger partial charge < -0.3 is 67.9 Å². The van der Waals surface area contributed by atoms with Crippen LogP contribution in [0.1, 0.15) is 97.6 Å². The minimum atomic E-state index is -1.61. The molecule has 1 fully saturated rings. The number of phenols is 1. The van der Waals surface area contributed by atoms with Crippen LogP contribution in [0.4, 0.5) is 5.69 Å². The van der Waals surface area contributed by atoms with E-state index in [1.54, 1.807) is 58.0 Å². The van der Waals surface area contributed by atoms with Gasteiger partial charge in [-0.15, -0.1) is 11.8 Å². The maximum atomic E-state index is 15.0. The van der Waals surface area contributed by atoms with Crippen molar-refractivity contribution in [2.75, 3.05) is 50.4 Å². The van der Waals surface area contributed by atoms with E-state index in [9.17, 15) is 87.5 Å². The molecule has 0 aliphatic carbocycles.